The molecule has 0 radical (unpaired) electrons. The van der Waals surface area contributed by atoms with Gasteiger partial charge in [0.05, 0.1) is 11.1 Å². The topological polar surface area (TPSA) is 65.1 Å². The summed E-state index contributed by atoms with van der Waals surface area (Å²) < 4.78 is 38.7. The second-order valence-electron chi connectivity index (χ2n) is 4.00. The van der Waals surface area contributed by atoms with Crippen molar-refractivity contribution in [1.82, 2.24) is 4.57 Å². The average Bonchev–Trinajstić information content (AvgIpc) is 2.30. The molecule has 0 unspecified atom stereocenters. The van der Waals surface area contributed by atoms with Crippen molar-refractivity contribution in [2.75, 3.05) is 0 Å². The summed E-state index contributed by atoms with van der Waals surface area (Å²) in [5, 5.41) is 0.218. The minimum atomic E-state index is -4.46. The van der Waals surface area contributed by atoms with Crippen LogP contribution < -0.4 is 11.3 Å². The van der Waals surface area contributed by atoms with Crippen LogP contribution in [0.4, 0.5) is 13.2 Å². The van der Waals surface area contributed by atoms with E-state index in [0.717, 1.165) is 28.8 Å². The van der Waals surface area contributed by atoms with Crippen LogP contribution in [0.1, 0.15) is 5.56 Å². The fourth-order valence-electron chi connectivity index (χ4n) is 1.80. The van der Waals surface area contributed by atoms with Crippen molar-refractivity contribution in [3.63, 3.8) is 0 Å². The molecule has 1 heterocycles. The van der Waals surface area contributed by atoms with Crippen LogP contribution in [0.3, 0.4) is 0 Å². The van der Waals surface area contributed by atoms with Crippen molar-refractivity contribution in [1.29, 1.82) is 0 Å². The molecule has 2 rings (SSSR count). The van der Waals surface area contributed by atoms with Crippen molar-refractivity contribution in [2.24, 2.45) is 5.73 Å². The molecule has 0 atom stereocenters. The summed E-state index contributed by atoms with van der Waals surface area (Å²) in [5.74, 6) is -0.741. The highest BCUT2D eigenvalue weighted by Gasteiger charge is 2.30. The molecule has 0 spiro atoms. The first-order valence-corrected chi connectivity index (χ1v) is 5.28. The number of benzene rings is 1. The number of pyridine rings is 1. The smallest absolute Gasteiger partial charge is 0.368 e. The zero-order valence-electron chi connectivity index (χ0n) is 9.57. The van der Waals surface area contributed by atoms with E-state index < -0.39 is 23.2 Å². The Labute approximate surface area is 105 Å². The van der Waals surface area contributed by atoms with Crippen LogP contribution in [-0.4, -0.2) is 10.5 Å². The van der Waals surface area contributed by atoms with E-state index in [2.05, 4.69) is 0 Å². The van der Waals surface area contributed by atoms with E-state index in [1.165, 1.54) is 6.07 Å². The van der Waals surface area contributed by atoms with Crippen molar-refractivity contribution in [3.05, 3.63) is 46.2 Å². The predicted octanol–water partition coefficient (Wildman–Crippen LogP) is 1.51. The van der Waals surface area contributed by atoms with Gasteiger partial charge in [-0.2, -0.15) is 13.2 Å². The van der Waals surface area contributed by atoms with Gasteiger partial charge in [-0.1, -0.05) is 0 Å². The third-order valence-electron chi connectivity index (χ3n) is 2.63. The second kappa shape index (κ2) is 4.42. The third-order valence-corrected chi connectivity index (χ3v) is 2.63. The van der Waals surface area contributed by atoms with E-state index in [4.69, 9.17) is 5.73 Å². The quantitative estimate of drug-likeness (QED) is 0.898. The van der Waals surface area contributed by atoms with Crippen LogP contribution in [-0.2, 0) is 17.5 Å². The molecule has 19 heavy (non-hydrogen) atoms. The Balaban J connectivity index is 2.68. The number of aromatic nitrogens is 1. The monoisotopic (exact) mass is 270 g/mol. The Kier molecular flexibility index (Phi) is 3.05. The SMILES string of the molecule is NC(=O)Cn1c(=O)ccc2cc(C(F)(F)F)ccc21. The number of primary amides is 1. The summed E-state index contributed by atoms with van der Waals surface area (Å²) in [5.41, 5.74) is 3.93. The van der Waals surface area contributed by atoms with Gasteiger partial charge in [0, 0.05) is 6.07 Å². The molecule has 4 nitrogen and oxygen atoms in total. The average molecular weight is 270 g/mol. The zero-order chi connectivity index (χ0) is 14.2. The summed E-state index contributed by atoms with van der Waals surface area (Å²) >= 11 is 0. The van der Waals surface area contributed by atoms with Crippen LogP contribution in [0.5, 0.6) is 0 Å². The van der Waals surface area contributed by atoms with Crippen LogP contribution >= 0.6 is 0 Å². The number of nitrogens with two attached hydrogens (primary N) is 1. The lowest BCUT2D eigenvalue weighted by Crippen LogP contribution is -2.27. The molecule has 0 aliphatic carbocycles. The molecular formula is C12H9F3N2O2. The first-order chi connectivity index (χ1) is 8.79. The van der Waals surface area contributed by atoms with Gasteiger partial charge < -0.3 is 5.73 Å². The van der Waals surface area contributed by atoms with Crippen LogP contribution in [0.15, 0.2) is 35.1 Å². The number of amides is 1. The molecule has 1 aromatic carbocycles. The minimum Gasteiger partial charge on any atom is -0.368 e. The van der Waals surface area contributed by atoms with Crippen LogP contribution in [0.25, 0.3) is 10.9 Å². The lowest BCUT2D eigenvalue weighted by atomic mass is 10.1. The summed E-state index contributed by atoms with van der Waals surface area (Å²) in [6.45, 7) is -0.373. The number of rotatable bonds is 2. The largest absolute Gasteiger partial charge is 0.416 e. The van der Waals surface area contributed by atoms with Gasteiger partial charge in [0.25, 0.3) is 5.56 Å². The summed E-state index contributed by atoms with van der Waals surface area (Å²) in [4.78, 5) is 22.5. The van der Waals surface area contributed by atoms with Gasteiger partial charge in [-0.3, -0.25) is 14.2 Å². The zero-order valence-corrected chi connectivity index (χ0v) is 9.57. The number of nitrogens with zero attached hydrogens (tertiary/aromatic N) is 1. The first-order valence-electron chi connectivity index (χ1n) is 5.28. The van der Waals surface area contributed by atoms with Gasteiger partial charge in [-0.05, 0) is 29.7 Å². The highest BCUT2D eigenvalue weighted by atomic mass is 19.4. The number of alkyl halides is 3. The van der Waals surface area contributed by atoms with Gasteiger partial charge in [0.1, 0.15) is 6.54 Å². The van der Waals surface area contributed by atoms with Crippen molar-refractivity contribution in [2.45, 2.75) is 12.7 Å². The summed E-state index contributed by atoms with van der Waals surface area (Å²) in [7, 11) is 0. The molecule has 7 heteroatoms. The number of fused-ring (bicyclic) bond motifs is 1. The van der Waals surface area contributed by atoms with E-state index >= 15 is 0 Å². The normalized spacial score (nSPS) is 11.7. The summed E-state index contributed by atoms with van der Waals surface area (Å²) in [6, 6.07) is 5.32. The number of hydrogen-bond donors (Lipinski definition) is 1. The van der Waals surface area contributed by atoms with Gasteiger partial charge in [-0.25, -0.2) is 0 Å². The molecular weight excluding hydrogens is 261 g/mol. The number of carbonyl (C=O) groups is 1. The molecule has 0 aliphatic heterocycles. The van der Waals surface area contributed by atoms with E-state index in [9.17, 15) is 22.8 Å². The van der Waals surface area contributed by atoms with Gasteiger partial charge in [-0.15, -0.1) is 0 Å². The van der Waals surface area contributed by atoms with Crippen molar-refractivity contribution < 1.29 is 18.0 Å². The fourth-order valence-corrected chi connectivity index (χ4v) is 1.80. The highest BCUT2D eigenvalue weighted by molar-refractivity contribution is 5.82. The van der Waals surface area contributed by atoms with E-state index in [1.54, 1.807) is 0 Å². The van der Waals surface area contributed by atoms with Gasteiger partial charge >= 0.3 is 6.18 Å². The van der Waals surface area contributed by atoms with Gasteiger partial charge in [0.2, 0.25) is 5.91 Å². The first kappa shape index (κ1) is 13.1. The van der Waals surface area contributed by atoms with E-state index in [-0.39, 0.29) is 17.4 Å². The molecule has 0 fully saturated rings. The molecule has 2 N–H and O–H groups in total. The minimum absolute atomic E-state index is 0.218. The maximum Gasteiger partial charge on any atom is 0.416 e. The third kappa shape index (κ3) is 2.59. The fraction of sp³-hybridized carbons (Fsp3) is 0.167. The van der Waals surface area contributed by atoms with Crippen molar-refractivity contribution in [3.8, 4) is 0 Å². The molecule has 2 aromatic rings. The Morgan fingerprint density at radius 1 is 1.21 bits per heavy atom. The lowest BCUT2D eigenvalue weighted by molar-refractivity contribution is -0.137. The molecule has 100 valence electrons. The molecule has 0 saturated heterocycles. The maximum atomic E-state index is 12.6. The van der Waals surface area contributed by atoms with Crippen LogP contribution in [0, 0.1) is 0 Å². The Morgan fingerprint density at radius 3 is 2.47 bits per heavy atom. The molecule has 0 bridgehead atoms. The standard InChI is InChI=1S/C12H9F3N2O2/c13-12(14,15)8-2-3-9-7(5-8)1-4-11(19)17(9)6-10(16)18/h1-5H,6H2,(H2,16,18). The number of halogens is 3. The number of carbonyl (C=O) groups excluding carboxylic acids is 1. The van der Waals surface area contributed by atoms with E-state index in [1.807, 2.05) is 0 Å². The Bertz CT molecular complexity index is 704. The number of hydrogen-bond acceptors (Lipinski definition) is 2. The van der Waals surface area contributed by atoms with Crippen LogP contribution in [0.2, 0.25) is 0 Å². The maximum absolute atomic E-state index is 12.6. The molecule has 1 aromatic heterocycles. The molecule has 1 amide bonds. The van der Waals surface area contributed by atoms with Gasteiger partial charge in [0.15, 0.2) is 0 Å². The lowest BCUT2D eigenvalue weighted by Gasteiger charge is -2.11. The Hall–Kier alpha value is -2.31. The molecule has 0 aliphatic rings. The Morgan fingerprint density at radius 2 is 1.89 bits per heavy atom. The van der Waals surface area contributed by atoms with Crippen molar-refractivity contribution >= 4 is 16.8 Å². The highest BCUT2D eigenvalue weighted by Crippen LogP contribution is 2.31. The predicted molar refractivity (Wildman–Crippen MR) is 62.4 cm³/mol. The second-order valence-corrected chi connectivity index (χ2v) is 4.00. The summed E-state index contributed by atoms with van der Waals surface area (Å²) in [6.07, 6.45) is -4.46. The van der Waals surface area contributed by atoms with E-state index in [0.29, 0.717) is 0 Å². The molecule has 0 saturated carbocycles.